The van der Waals surface area contributed by atoms with Crippen molar-refractivity contribution in [3.63, 3.8) is 0 Å². The first-order valence-corrected chi connectivity index (χ1v) is 8.78. The molecule has 0 saturated carbocycles. The van der Waals surface area contributed by atoms with Crippen molar-refractivity contribution in [2.45, 2.75) is 37.8 Å². The maximum atomic E-state index is 12.1. The van der Waals surface area contributed by atoms with Crippen LogP contribution in [-0.2, 0) is 4.74 Å². The Labute approximate surface area is 143 Å². The number of nitrogens with zero attached hydrogens (tertiary/aromatic N) is 1. The number of amides is 2. The van der Waals surface area contributed by atoms with Crippen molar-refractivity contribution in [1.29, 1.82) is 0 Å². The van der Waals surface area contributed by atoms with E-state index in [4.69, 9.17) is 9.47 Å². The first-order valence-electron chi connectivity index (χ1n) is 8.78. The second-order valence-corrected chi connectivity index (χ2v) is 6.54. The Morgan fingerprint density at radius 2 is 2.17 bits per heavy atom. The molecule has 24 heavy (non-hydrogen) atoms. The number of anilines is 1. The van der Waals surface area contributed by atoms with Gasteiger partial charge in [-0.2, -0.15) is 0 Å². The number of ether oxygens (including phenoxy) is 2. The number of urea groups is 1. The van der Waals surface area contributed by atoms with E-state index < -0.39 is 0 Å². The van der Waals surface area contributed by atoms with E-state index in [2.05, 4.69) is 15.5 Å². The zero-order valence-electron chi connectivity index (χ0n) is 14.3. The lowest BCUT2D eigenvalue weighted by Gasteiger charge is -2.33. The summed E-state index contributed by atoms with van der Waals surface area (Å²) in [6, 6.07) is 7.46. The quantitative estimate of drug-likeness (QED) is 0.869. The number of hydrogen-bond acceptors (Lipinski definition) is 4. The Hall–Kier alpha value is -1.79. The summed E-state index contributed by atoms with van der Waals surface area (Å²) in [4.78, 5) is 14.6. The molecule has 2 N–H and O–H groups in total. The molecule has 1 aromatic rings. The fourth-order valence-electron chi connectivity index (χ4n) is 3.39. The molecule has 0 aromatic heterocycles. The molecule has 0 bridgehead atoms. The summed E-state index contributed by atoms with van der Waals surface area (Å²) in [5.74, 6) is 0.732. The fourth-order valence-corrected chi connectivity index (χ4v) is 3.39. The Bertz CT molecular complexity index is 538. The van der Waals surface area contributed by atoms with Crippen LogP contribution in [0.3, 0.4) is 0 Å². The lowest BCUT2D eigenvalue weighted by molar-refractivity contribution is 0.0633. The molecule has 2 aliphatic heterocycles. The number of hydrogen-bond donors (Lipinski definition) is 2. The van der Waals surface area contributed by atoms with Crippen molar-refractivity contribution in [2.24, 2.45) is 0 Å². The highest BCUT2D eigenvalue weighted by Gasteiger charge is 2.24. The van der Waals surface area contributed by atoms with Crippen molar-refractivity contribution < 1.29 is 14.3 Å². The molecule has 132 valence electrons. The van der Waals surface area contributed by atoms with Crippen LogP contribution in [0.2, 0.25) is 0 Å². The van der Waals surface area contributed by atoms with Crippen molar-refractivity contribution in [3.8, 4) is 5.75 Å². The molecule has 0 aliphatic carbocycles. The Morgan fingerprint density at radius 3 is 2.88 bits per heavy atom. The zero-order valence-corrected chi connectivity index (χ0v) is 14.3. The highest BCUT2D eigenvalue weighted by Crippen LogP contribution is 2.18. The largest absolute Gasteiger partial charge is 0.497 e. The third-order valence-corrected chi connectivity index (χ3v) is 4.74. The number of nitrogens with one attached hydrogen (secondary N) is 2. The van der Waals surface area contributed by atoms with E-state index in [1.54, 1.807) is 7.11 Å². The van der Waals surface area contributed by atoms with Gasteiger partial charge in [-0.3, -0.25) is 0 Å². The normalized spacial score (nSPS) is 22.3. The van der Waals surface area contributed by atoms with E-state index in [1.165, 1.54) is 12.8 Å². The molecule has 1 atom stereocenters. The van der Waals surface area contributed by atoms with E-state index >= 15 is 0 Å². The lowest BCUT2D eigenvalue weighted by atomic mass is 10.0. The third kappa shape index (κ3) is 4.85. The molecule has 0 spiro atoms. The number of piperidine rings is 1. The first-order chi connectivity index (χ1) is 11.7. The van der Waals surface area contributed by atoms with Gasteiger partial charge < -0.3 is 25.0 Å². The highest BCUT2D eigenvalue weighted by molar-refractivity contribution is 5.89. The minimum absolute atomic E-state index is 0.152. The molecule has 6 heteroatoms. The average molecular weight is 333 g/mol. The van der Waals surface area contributed by atoms with Crippen molar-refractivity contribution in [1.82, 2.24) is 10.2 Å². The van der Waals surface area contributed by atoms with Crippen LogP contribution in [0.25, 0.3) is 0 Å². The molecule has 3 rings (SSSR count). The molecule has 2 aliphatic rings. The standard InChI is InChI=1S/C18H27N3O3/c1-23-16-5-2-4-15(12-16)20-18(22)19-14-7-9-21(10-8-14)13-17-6-3-11-24-17/h2,4-5,12,14,17H,3,6-11,13H2,1H3,(H2,19,20,22)/t17-/m0/s1. The van der Waals surface area contributed by atoms with Gasteiger partial charge in [-0.1, -0.05) is 6.07 Å². The summed E-state index contributed by atoms with van der Waals surface area (Å²) in [5.41, 5.74) is 0.739. The SMILES string of the molecule is COc1cccc(NC(=O)NC2CCN(C[C@@H]3CCCO3)CC2)c1. The van der Waals surface area contributed by atoms with Crippen LogP contribution in [0.1, 0.15) is 25.7 Å². The highest BCUT2D eigenvalue weighted by atomic mass is 16.5. The molecule has 2 amide bonds. The number of carbonyl (C=O) groups is 1. The monoisotopic (exact) mass is 333 g/mol. The maximum absolute atomic E-state index is 12.1. The summed E-state index contributed by atoms with van der Waals surface area (Å²) in [6.07, 6.45) is 4.75. The van der Waals surface area contributed by atoms with Gasteiger partial charge in [0.25, 0.3) is 0 Å². The second kappa shape index (κ2) is 8.35. The van der Waals surface area contributed by atoms with Gasteiger partial charge in [0.15, 0.2) is 0 Å². The molecule has 2 saturated heterocycles. The van der Waals surface area contributed by atoms with E-state index in [1.807, 2.05) is 24.3 Å². The molecular formula is C18H27N3O3. The van der Waals surface area contributed by atoms with E-state index in [9.17, 15) is 4.79 Å². The molecule has 0 radical (unpaired) electrons. The predicted octanol–water partition coefficient (Wildman–Crippen LogP) is 2.46. The maximum Gasteiger partial charge on any atom is 0.319 e. The number of benzene rings is 1. The Balaban J connectivity index is 1.39. The second-order valence-electron chi connectivity index (χ2n) is 6.54. The predicted molar refractivity (Wildman–Crippen MR) is 93.6 cm³/mol. The lowest BCUT2D eigenvalue weighted by Crippen LogP contribution is -2.47. The molecule has 1 aromatic carbocycles. The topological polar surface area (TPSA) is 62.8 Å². The third-order valence-electron chi connectivity index (χ3n) is 4.74. The molecule has 6 nitrogen and oxygen atoms in total. The van der Waals surface area contributed by atoms with Gasteiger partial charge in [0, 0.05) is 44.0 Å². The van der Waals surface area contributed by atoms with Gasteiger partial charge in [0.05, 0.1) is 13.2 Å². The van der Waals surface area contributed by atoms with Gasteiger partial charge in [-0.15, -0.1) is 0 Å². The number of methoxy groups -OCH3 is 1. The van der Waals surface area contributed by atoms with E-state index in [0.29, 0.717) is 6.10 Å². The Kier molecular flexibility index (Phi) is 5.93. The summed E-state index contributed by atoms with van der Waals surface area (Å²) in [6.45, 7) is 3.98. The van der Waals surface area contributed by atoms with E-state index in [-0.39, 0.29) is 12.1 Å². The van der Waals surface area contributed by atoms with Gasteiger partial charge in [-0.05, 0) is 37.8 Å². The van der Waals surface area contributed by atoms with Crippen LogP contribution in [0.5, 0.6) is 5.75 Å². The first kappa shape index (κ1) is 17.0. The van der Waals surface area contributed by atoms with Crippen LogP contribution in [-0.4, -0.2) is 56.4 Å². The van der Waals surface area contributed by atoms with Crippen molar-refractivity contribution in [3.05, 3.63) is 24.3 Å². The van der Waals surface area contributed by atoms with Crippen molar-refractivity contribution in [2.75, 3.05) is 38.7 Å². The molecule has 2 heterocycles. The summed E-state index contributed by atoms with van der Waals surface area (Å²) in [5, 5.41) is 5.94. The van der Waals surface area contributed by atoms with E-state index in [0.717, 1.165) is 50.5 Å². The summed E-state index contributed by atoms with van der Waals surface area (Å²) < 4.78 is 10.9. The molecule has 2 fully saturated rings. The number of likely N-dealkylation sites (tertiary alicyclic amines) is 1. The van der Waals surface area contributed by atoms with Gasteiger partial charge in [-0.25, -0.2) is 4.79 Å². The Morgan fingerprint density at radius 1 is 1.33 bits per heavy atom. The minimum Gasteiger partial charge on any atom is -0.497 e. The molecule has 0 unspecified atom stereocenters. The number of carbonyl (C=O) groups excluding carboxylic acids is 1. The molecular weight excluding hydrogens is 306 g/mol. The van der Waals surface area contributed by atoms with Crippen LogP contribution in [0, 0.1) is 0 Å². The summed E-state index contributed by atoms with van der Waals surface area (Å²) >= 11 is 0. The minimum atomic E-state index is -0.152. The van der Waals surface area contributed by atoms with Crippen molar-refractivity contribution >= 4 is 11.7 Å². The van der Waals surface area contributed by atoms with Gasteiger partial charge in [0.2, 0.25) is 0 Å². The smallest absolute Gasteiger partial charge is 0.319 e. The zero-order chi connectivity index (χ0) is 16.8. The van der Waals surface area contributed by atoms with Gasteiger partial charge in [0.1, 0.15) is 5.75 Å². The van der Waals surface area contributed by atoms with Crippen LogP contribution in [0.4, 0.5) is 10.5 Å². The average Bonchev–Trinajstić information content (AvgIpc) is 3.10. The van der Waals surface area contributed by atoms with Crippen LogP contribution < -0.4 is 15.4 Å². The van der Waals surface area contributed by atoms with Crippen LogP contribution >= 0.6 is 0 Å². The van der Waals surface area contributed by atoms with Gasteiger partial charge >= 0.3 is 6.03 Å². The van der Waals surface area contributed by atoms with Crippen LogP contribution in [0.15, 0.2) is 24.3 Å². The number of rotatable bonds is 5. The summed E-state index contributed by atoms with van der Waals surface area (Å²) in [7, 11) is 1.61. The fraction of sp³-hybridized carbons (Fsp3) is 0.611.